The monoisotopic (exact) mass is 320 g/mol. The Hall–Kier alpha value is -1.89. The first-order valence-electron chi connectivity index (χ1n) is 8.47. The van der Waals surface area contributed by atoms with E-state index in [1.165, 1.54) is 42.5 Å². The van der Waals surface area contributed by atoms with Crippen molar-refractivity contribution in [2.75, 3.05) is 0 Å². The SMILES string of the molecule is O=C(CCn1ccc(=O)[nH]c1=O)N[C@@H]1CC[C@@H]1NC1CCCC1. The van der Waals surface area contributed by atoms with Gasteiger partial charge in [-0.2, -0.15) is 0 Å². The van der Waals surface area contributed by atoms with Crippen LogP contribution < -0.4 is 21.9 Å². The van der Waals surface area contributed by atoms with Crippen LogP contribution in [0.5, 0.6) is 0 Å². The first kappa shape index (κ1) is 16.0. The Morgan fingerprint density at radius 1 is 1.17 bits per heavy atom. The Labute approximate surface area is 134 Å². The number of aryl methyl sites for hydroxylation is 1. The Balaban J connectivity index is 1.44. The number of H-pyrrole nitrogens is 1. The lowest BCUT2D eigenvalue weighted by atomic mass is 9.85. The minimum absolute atomic E-state index is 0.0500. The van der Waals surface area contributed by atoms with Crippen LogP contribution in [0.2, 0.25) is 0 Å². The van der Waals surface area contributed by atoms with Crippen LogP contribution in [0, 0.1) is 0 Å². The molecular weight excluding hydrogens is 296 g/mol. The molecule has 0 radical (unpaired) electrons. The topological polar surface area (TPSA) is 96.0 Å². The Morgan fingerprint density at radius 2 is 1.91 bits per heavy atom. The molecule has 23 heavy (non-hydrogen) atoms. The molecule has 0 unspecified atom stereocenters. The number of amides is 1. The number of nitrogens with one attached hydrogen (secondary N) is 3. The predicted octanol–water partition coefficient (Wildman–Crippen LogP) is 0.106. The molecule has 0 aromatic carbocycles. The maximum Gasteiger partial charge on any atom is 0.328 e. The smallest absolute Gasteiger partial charge is 0.328 e. The zero-order chi connectivity index (χ0) is 16.2. The van der Waals surface area contributed by atoms with Crippen molar-refractivity contribution in [2.45, 2.75) is 69.6 Å². The van der Waals surface area contributed by atoms with Gasteiger partial charge >= 0.3 is 5.69 Å². The van der Waals surface area contributed by atoms with Crippen LogP contribution in [0.25, 0.3) is 0 Å². The van der Waals surface area contributed by atoms with E-state index in [1.54, 1.807) is 0 Å². The Morgan fingerprint density at radius 3 is 2.57 bits per heavy atom. The molecule has 2 atom stereocenters. The average molecular weight is 320 g/mol. The number of aromatic nitrogens is 2. The summed E-state index contributed by atoms with van der Waals surface area (Å²) in [6.07, 6.45) is 8.86. The highest BCUT2D eigenvalue weighted by molar-refractivity contribution is 5.76. The van der Waals surface area contributed by atoms with Gasteiger partial charge in [-0.1, -0.05) is 12.8 Å². The fourth-order valence-corrected chi connectivity index (χ4v) is 3.39. The van der Waals surface area contributed by atoms with Crippen LogP contribution in [0.1, 0.15) is 44.9 Å². The van der Waals surface area contributed by atoms with Gasteiger partial charge in [0.25, 0.3) is 5.56 Å². The summed E-state index contributed by atoms with van der Waals surface area (Å²) in [7, 11) is 0. The lowest BCUT2D eigenvalue weighted by molar-refractivity contribution is -0.122. The van der Waals surface area contributed by atoms with E-state index >= 15 is 0 Å². The van der Waals surface area contributed by atoms with Crippen molar-refractivity contribution < 1.29 is 4.79 Å². The van der Waals surface area contributed by atoms with Crippen LogP contribution in [-0.2, 0) is 11.3 Å². The minimum atomic E-state index is -0.477. The van der Waals surface area contributed by atoms with Crippen molar-refractivity contribution >= 4 is 5.91 Å². The molecule has 2 fully saturated rings. The molecule has 1 heterocycles. The van der Waals surface area contributed by atoms with Crippen molar-refractivity contribution in [3.63, 3.8) is 0 Å². The molecule has 2 aliphatic carbocycles. The van der Waals surface area contributed by atoms with Crippen LogP contribution in [-0.4, -0.2) is 33.6 Å². The maximum absolute atomic E-state index is 12.1. The van der Waals surface area contributed by atoms with E-state index in [0.717, 1.165) is 12.8 Å². The zero-order valence-corrected chi connectivity index (χ0v) is 13.2. The Bertz CT molecular complexity index is 660. The molecule has 2 saturated carbocycles. The fraction of sp³-hybridized carbons (Fsp3) is 0.688. The van der Waals surface area contributed by atoms with E-state index < -0.39 is 11.2 Å². The van der Waals surface area contributed by atoms with Crippen molar-refractivity contribution in [3.05, 3.63) is 33.1 Å². The second-order valence-corrected chi connectivity index (χ2v) is 6.56. The average Bonchev–Trinajstić information content (AvgIpc) is 3.01. The van der Waals surface area contributed by atoms with Gasteiger partial charge in [-0.3, -0.25) is 14.6 Å². The standard InChI is InChI=1S/C16H24N4O3/c21-14(7-9-20-10-8-15(22)19-16(20)23)18-13-6-5-12(13)17-11-3-1-2-4-11/h8,10-13,17H,1-7,9H2,(H,18,21)(H,19,22,23)/t12-,13+/m0/s1. The number of carbonyl (C=O) groups is 1. The summed E-state index contributed by atoms with van der Waals surface area (Å²) >= 11 is 0. The van der Waals surface area contributed by atoms with E-state index in [9.17, 15) is 14.4 Å². The molecule has 0 saturated heterocycles. The summed E-state index contributed by atoms with van der Waals surface area (Å²) < 4.78 is 1.34. The molecule has 0 aliphatic heterocycles. The third-order valence-electron chi connectivity index (χ3n) is 4.90. The third kappa shape index (κ3) is 4.10. The molecular formula is C16H24N4O3. The number of hydrogen-bond acceptors (Lipinski definition) is 4. The lowest BCUT2D eigenvalue weighted by Gasteiger charge is -2.39. The van der Waals surface area contributed by atoms with Gasteiger partial charge in [-0.15, -0.1) is 0 Å². The molecule has 1 aromatic rings. The first-order valence-corrected chi connectivity index (χ1v) is 8.47. The highest BCUT2D eigenvalue weighted by Crippen LogP contribution is 2.25. The van der Waals surface area contributed by atoms with E-state index in [1.807, 2.05) is 0 Å². The van der Waals surface area contributed by atoms with Crippen molar-refractivity contribution in [1.29, 1.82) is 0 Å². The minimum Gasteiger partial charge on any atom is -0.352 e. The number of aromatic amines is 1. The summed E-state index contributed by atoms with van der Waals surface area (Å²) in [6, 6.07) is 2.49. The molecule has 7 nitrogen and oxygen atoms in total. The maximum atomic E-state index is 12.1. The number of rotatable bonds is 6. The summed E-state index contributed by atoms with van der Waals surface area (Å²) in [4.78, 5) is 36.8. The Kier molecular flexibility index (Phi) is 4.95. The molecule has 2 aliphatic rings. The van der Waals surface area contributed by atoms with Crippen LogP contribution in [0.4, 0.5) is 0 Å². The normalized spacial score (nSPS) is 24.3. The summed E-state index contributed by atoms with van der Waals surface area (Å²) in [5, 5.41) is 6.70. The van der Waals surface area contributed by atoms with Gasteiger partial charge in [0.15, 0.2) is 0 Å². The van der Waals surface area contributed by atoms with Crippen LogP contribution >= 0.6 is 0 Å². The van der Waals surface area contributed by atoms with Crippen molar-refractivity contribution in [1.82, 2.24) is 20.2 Å². The molecule has 1 amide bonds. The molecule has 126 valence electrons. The number of hydrogen-bond donors (Lipinski definition) is 3. The fourth-order valence-electron chi connectivity index (χ4n) is 3.39. The van der Waals surface area contributed by atoms with Gasteiger partial charge in [-0.05, 0) is 25.7 Å². The second kappa shape index (κ2) is 7.12. The quantitative estimate of drug-likeness (QED) is 0.693. The van der Waals surface area contributed by atoms with Crippen LogP contribution in [0.3, 0.4) is 0 Å². The summed E-state index contributed by atoms with van der Waals surface area (Å²) in [5.74, 6) is -0.0500. The van der Waals surface area contributed by atoms with E-state index in [-0.39, 0.29) is 24.9 Å². The van der Waals surface area contributed by atoms with Gasteiger partial charge in [0, 0.05) is 43.4 Å². The predicted molar refractivity (Wildman–Crippen MR) is 86.3 cm³/mol. The summed E-state index contributed by atoms with van der Waals surface area (Å²) in [5.41, 5.74) is -0.902. The molecule has 0 spiro atoms. The number of nitrogens with zero attached hydrogens (tertiary/aromatic N) is 1. The van der Waals surface area contributed by atoms with Gasteiger partial charge in [0.05, 0.1) is 0 Å². The molecule has 1 aromatic heterocycles. The first-order chi connectivity index (χ1) is 11.1. The third-order valence-corrected chi connectivity index (χ3v) is 4.90. The highest BCUT2D eigenvalue weighted by atomic mass is 16.2. The zero-order valence-electron chi connectivity index (χ0n) is 13.2. The molecule has 0 bridgehead atoms. The van der Waals surface area contributed by atoms with E-state index in [0.29, 0.717) is 12.1 Å². The van der Waals surface area contributed by atoms with Gasteiger partial charge in [0.1, 0.15) is 0 Å². The largest absolute Gasteiger partial charge is 0.352 e. The van der Waals surface area contributed by atoms with E-state index in [2.05, 4.69) is 15.6 Å². The molecule has 7 heteroatoms. The molecule has 3 rings (SSSR count). The lowest BCUT2D eigenvalue weighted by Crippen LogP contribution is -2.58. The van der Waals surface area contributed by atoms with Gasteiger partial charge in [0.2, 0.25) is 5.91 Å². The van der Waals surface area contributed by atoms with E-state index in [4.69, 9.17) is 0 Å². The number of carbonyl (C=O) groups excluding carboxylic acids is 1. The van der Waals surface area contributed by atoms with Crippen molar-refractivity contribution in [3.8, 4) is 0 Å². The van der Waals surface area contributed by atoms with Crippen molar-refractivity contribution in [2.24, 2.45) is 0 Å². The second-order valence-electron chi connectivity index (χ2n) is 6.56. The van der Waals surface area contributed by atoms with Crippen LogP contribution in [0.15, 0.2) is 21.9 Å². The van der Waals surface area contributed by atoms with Gasteiger partial charge in [-0.25, -0.2) is 4.79 Å². The summed E-state index contributed by atoms with van der Waals surface area (Å²) in [6.45, 7) is 0.273. The molecule has 3 N–H and O–H groups in total. The van der Waals surface area contributed by atoms with Gasteiger partial charge < -0.3 is 15.2 Å². The highest BCUT2D eigenvalue weighted by Gasteiger charge is 2.33.